The van der Waals surface area contributed by atoms with Crippen molar-refractivity contribution in [2.75, 3.05) is 0 Å². The minimum absolute atomic E-state index is 0.104. The van der Waals surface area contributed by atoms with Crippen molar-refractivity contribution in [2.45, 2.75) is 19.3 Å². The van der Waals surface area contributed by atoms with Crippen molar-refractivity contribution >= 4 is 15.9 Å². The van der Waals surface area contributed by atoms with Crippen LogP contribution in [0, 0.1) is 6.92 Å². The summed E-state index contributed by atoms with van der Waals surface area (Å²) in [5, 5.41) is 0. The molecule has 0 nitrogen and oxygen atoms in total. The average molecular weight is 307 g/mol. The summed E-state index contributed by atoms with van der Waals surface area (Å²) in [6.07, 6.45) is -10.1. The second-order valence-corrected chi connectivity index (χ2v) is 4.02. The molecule has 0 amide bonds. The van der Waals surface area contributed by atoms with Crippen LogP contribution in [0.4, 0.5) is 26.3 Å². The van der Waals surface area contributed by atoms with Crippen molar-refractivity contribution < 1.29 is 26.3 Å². The van der Waals surface area contributed by atoms with E-state index in [0.29, 0.717) is 6.07 Å². The van der Waals surface area contributed by atoms with Crippen LogP contribution >= 0.6 is 15.9 Å². The zero-order chi connectivity index (χ0) is 12.7. The van der Waals surface area contributed by atoms with Crippen LogP contribution in [-0.4, -0.2) is 0 Å². The van der Waals surface area contributed by atoms with Crippen molar-refractivity contribution in [3.05, 3.63) is 33.3 Å². The Hall–Kier alpha value is -0.720. The highest BCUT2D eigenvalue weighted by Gasteiger charge is 2.44. The number of halogens is 7. The Kier molecular flexibility index (Phi) is 3.29. The quantitative estimate of drug-likeness (QED) is 0.604. The molecule has 1 aromatic carbocycles. The van der Waals surface area contributed by atoms with Crippen molar-refractivity contribution in [3.63, 3.8) is 0 Å². The molecule has 0 saturated carbocycles. The van der Waals surface area contributed by atoms with Gasteiger partial charge in [0, 0.05) is 4.47 Å². The maximum Gasteiger partial charge on any atom is 0.418 e. The van der Waals surface area contributed by atoms with E-state index in [1.165, 1.54) is 6.92 Å². The molecule has 0 radical (unpaired) electrons. The molecule has 0 saturated heterocycles. The van der Waals surface area contributed by atoms with Gasteiger partial charge in [-0.15, -0.1) is 0 Å². The minimum atomic E-state index is -5.04. The highest BCUT2D eigenvalue weighted by Crippen LogP contribution is 2.44. The van der Waals surface area contributed by atoms with Gasteiger partial charge < -0.3 is 0 Å². The first-order chi connectivity index (χ1) is 7.03. The van der Waals surface area contributed by atoms with Crippen LogP contribution in [0.2, 0.25) is 0 Å². The van der Waals surface area contributed by atoms with E-state index in [-0.39, 0.29) is 5.56 Å². The highest BCUT2D eigenvalue weighted by molar-refractivity contribution is 9.10. The summed E-state index contributed by atoms with van der Waals surface area (Å²) in [5.74, 6) is 0. The molecular formula is C9H5BrF6. The summed E-state index contributed by atoms with van der Waals surface area (Å²) in [7, 11) is 0. The lowest BCUT2D eigenvalue weighted by atomic mass is 10.0. The summed E-state index contributed by atoms with van der Waals surface area (Å²) in [5.41, 5.74) is -3.26. The normalized spacial score (nSPS) is 13.0. The average Bonchev–Trinajstić information content (AvgIpc) is 1.97. The molecule has 16 heavy (non-hydrogen) atoms. The Morgan fingerprint density at radius 2 is 1.44 bits per heavy atom. The van der Waals surface area contributed by atoms with Crippen LogP contribution in [0.3, 0.4) is 0 Å². The molecule has 0 N–H and O–H groups in total. The Labute approximate surface area is 95.4 Å². The second-order valence-electron chi connectivity index (χ2n) is 3.16. The van der Waals surface area contributed by atoms with Gasteiger partial charge in [0.25, 0.3) is 0 Å². The lowest BCUT2D eigenvalue weighted by Gasteiger charge is -2.17. The van der Waals surface area contributed by atoms with E-state index < -0.39 is 28.0 Å². The monoisotopic (exact) mass is 306 g/mol. The standard InChI is InChI=1S/C9H5BrF6/c1-4-2-5(8(11,12)13)7(6(10)3-4)9(14,15)16/h2-3H,1H3. The molecule has 7 heteroatoms. The fourth-order valence-corrected chi connectivity index (χ4v) is 2.05. The van der Waals surface area contributed by atoms with E-state index in [9.17, 15) is 26.3 Å². The van der Waals surface area contributed by atoms with Gasteiger partial charge in [-0.3, -0.25) is 0 Å². The van der Waals surface area contributed by atoms with Crippen LogP contribution in [0.5, 0.6) is 0 Å². The molecule has 0 aromatic heterocycles. The van der Waals surface area contributed by atoms with Gasteiger partial charge in [-0.25, -0.2) is 0 Å². The number of hydrogen-bond acceptors (Lipinski definition) is 0. The first-order valence-corrected chi connectivity index (χ1v) is 4.77. The van der Waals surface area contributed by atoms with Gasteiger partial charge >= 0.3 is 12.4 Å². The Morgan fingerprint density at radius 1 is 0.938 bits per heavy atom. The summed E-state index contributed by atoms with van der Waals surface area (Å²) >= 11 is 2.51. The smallest absolute Gasteiger partial charge is 0.166 e. The maximum absolute atomic E-state index is 12.4. The first kappa shape index (κ1) is 13.3. The summed E-state index contributed by atoms with van der Waals surface area (Å²) in [4.78, 5) is 0. The minimum Gasteiger partial charge on any atom is -0.166 e. The molecule has 0 heterocycles. The lowest BCUT2D eigenvalue weighted by Crippen LogP contribution is -2.17. The topological polar surface area (TPSA) is 0 Å². The molecule has 0 aliphatic carbocycles. The number of hydrogen-bond donors (Lipinski definition) is 0. The van der Waals surface area contributed by atoms with Gasteiger partial charge in [0.2, 0.25) is 0 Å². The molecule has 90 valence electrons. The van der Waals surface area contributed by atoms with Gasteiger partial charge in [-0.1, -0.05) is 15.9 Å². The number of alkyl halides is 6. The van der Waals surface area contributed by atoms with E-state index in [0.717, 1.165) is 6.07 Å². The van der Waals surface area contributed by atoms with Crippen molar-refractivity contribution in [1.82, 2.24) is 0 Å². The third-order valence-corrected chi connectivity index (χ3v) is 2.45. The Bertz CT molecular complexity index is 404. The van der Waals surface area contributed by atoms with Gasteiger partial charge in [-0.2, -0.15) is 26.3 Å². The molecule has 0 fully saturated rings. The van der Waals surface area contributed by atoms with Crippen molar-refractivity contribution in [3.8, 4) is 0 Å². The second kappa shape index (κ2) is 3.94. The van der Waals surface area contributed by atoms with Crippen LogP contribution in [0.15, 0.2) is 16.6 Å². The zero-order valence-electron chi connectivity index (χ0n) is 7.80. The zero-order valence-corrected chi connectivity index (χ0v) is 9.39. The predicted octanol–water partition coefficient (Wildman–Crippen LogP) is 4.80. The molecule has 1 aromatic rings. The van der Waals surface area contributed by atoms with Crippen LogP contribution in [0.1, 0.15) is 16.7 Å². The summed E-state index contributed by atoms with van der Waals surface area (Å²) in [6, 6.07) is 1.48. The van der Waals surface area contributed by atoms with Gasteiger partial charge in [0.05, 0.1) is 11.1 Å². The Morgan fingerprint density at radius 3 is 1.81 bits per heavy atom. The predicted molar refractivity (Wildman–Crippen MR) is 48.9 cm³/mol. The SMILES string of the molecule is Cc1cc(Br)c(C(F)(F)F)c(C(F)(F)F)c1. The highest BCUT2D eigenvalue weighted by atomic mass is 79.9. The number of rotatable bonds is 0. The molecule has 0 spiro atoms. The first-order valence-electron chi connectivity index (χ1n) is 3.98. The third-order valence-electron chi connectivity index (χ3n) is 1.82. The van der Waals surface area contributed by atoms with Crippen molar-refractivity contribution in [1.29, 1.82) is 0 Å². The molecule has 0 aliphatic heterocycles. The molecule has 0 unspecified atom stereocenters. The lowest BCUT2D eigenvalue weighted by molar-refractivity contribution is -0.162. The van der Waals surface area contributed by atoms with Crippen LogP contribution in [-0.2, 0) is 12.4 Å². The molecule has 0 bridgehead atoms. The van der Waals surface area contributed by atoms with E-state index in [1.807, 2.05) is 0 Å². The van der Waals surface area contributed by atoms with E-state index >= 15 is 0 Å². The number of benzene rings is 1. The van der Waals surface area contributed by atoms with E-state index in [1.54, 1.807) is 0 Å². The van der Waals surface area contributed by atoms with E-state index in [2.05, 4.69) is 15.9 Å². The fraction of sp³-hybridized carbons (Fsp3) is 0.333. The number of aryl methyl sites for hydroxylation is 1. The van der Waals surface area contributed by atoms with Gasteiger partial charge in [-0.05, 0) is 24.6 Å². The van der Waals surface area contributed by atoms with Crippen molar-refractivity contribution in [2.24, 2.45) is 0 Å². The summed E-state index contributed by atoms with van der Waals surface area (Å²) in [6.45, 7) is 1.29. The molecule has 0 aliphatic rings. The fourth-order valence-electron chi connectivity index (χ4n) is 1.25. The van der Waals surface area contributed by atoms with Gasteiger partial charge in [0.15, 0.2) is 0 Å². The van der Waals surface area contributed by atoms with Crippen LogP contribution < -0.4 is 0 Å². The van der Waals surface area contributed by atoms with Gasteiger partial charge in [0.1, 0.15) is 0 Å². The van der Waals surface area contributed by atoms with E-state index in [4.69, 9.17) is 0 Å². The molecule has 1 rings (SSSR count). The molecular weight excluding hydrogens is 302 g/mol. The largest absolute Gasteiger partial charge is 0.418 e. The molecule has 0 atom stereocenters. The Balaban J connectivity index is 3.58. The maximum atomic E-state index is 12.4. The summed E-state index contributed by atoms with van der Waals surface area (Å²) < 4.78 is 74.0. The third kappa shape index (κ3) is 2.69. The van der Waals surface area contributed by atoms with Crippen LogP contribution in [0.25, 0.3) is 0 Å².